The second kappa shape index (κ2) is 46.8. The molecule has 0 aromatic carbocycles. The van der Waals surface area contributed by atoms with Crippen molar-refractivity contribution in [3.63, 3.8) is 0 Å². The topological polar surface area (TPSA) is 110 Å². The van der Waals surface area contributed by atoms with Crippen LogP contribution in [0.2, 0.25) is 0 Å². The van der Waals surface area contributed by atoms with E-state index in [4.69, 9.17) is 0 Å². The average Bonchev–Trinajstić information content (AvgIpc) is 3.23. The number of carbonyl (C=O) groups is 1. The van der Waals surface area contributed by atoms with Gasteiger partial charge in [0.25, 0.3) is 0 Å². The van der Waals surface area contributed by atoms with E-state index >= 15 is 0 Å². The number of rotatable bonds is 47. The lowest BCUT2D eigenvalue weighted by Gasteiger charge is -2.27. The predicted octanol–water partition coefficient (Wildman–Crippen LogP) is 14.3. The van der Waals surface area contributed by atoms with Gasteiger partial charge in [-0.25, -0.2) is 0 Å². The Balaban J connectivity index is 3.59. The smallest absolute Gasteiger partial charge is 0.249 e. The summed E-state index contributed by atoms with van der Waals surface area (Å²) < 4.78 is 0. The van der Waals surface area contributed by atoms with Gasteiger partial charge in [0.1, 0.15) is 12.2 Å². The molecule has 0 bridgehead atoms. The largest absolute Gasteiger partial charge is 0.394 e. The first-order chi connectivity index (χ1) is 28.5. The van der Waals surface area contributed by atoms with Gasteiger partial charge < -0.3 is 25.7 Å². The summed E-state index contributed by atoms with van der Waals surface area (Å²) in [5.74, 6) is -0.649. The zero-order chi connectivity index (χ0) is 42.4. The van der Waals surface area contributed by atoms with Crippen LogP contribution in [-0.4, -0.2) is 57.3 Å². The third kappa shape index (κ3) is 40.2. The fraction of sp³-hybridized carbons (Fsp3) is 0.904. The molecule has 5 N–H and O–H groups in total. The van der Waals surface area contributed by atoms with Crippen LogP contribution in [0, 0.1) is 0 Å². The molecular formula is C52H101NO5. The molecule has 0 spiro atoms. The molecule has 4 atom stereocenters. The van der Waals surface area contributed by atoms with Gasteiger partial charge in [-0.1, -0.05) is 263 Å². The van der Waals surface area contributed by atoms with Gasteiger partial charge in [-0.2, -0.15) is 0 Å². The molecule has 344 valence electrons. The van der Waals surface area contributed by atoms with E-state index in [0.717, 1.165) is 32.1 Å². The highest BCUT2D eigenvalue weighted by Crippen LogP contribution is 2.18. The maximum Gasteiger partial charge on any atom is 0.249 e. The molecule has 0 rings (SSSR count). The molecule has 6 nitrogen and oxygen atoms in total. The van der Waals surface area contributed by atoms with Crippen LogP contribution in [0.4, 0.5) is 0 Å². The molecule has 0 heterocycles. The normalized spacial score (nSPS) is 14.1. The Bertz CT molecular complexity index is 878. The van der Waals surface area contributed by atoms with Crippen molar-refractivity contribution in [1.29, 1.82) is 0 Å². The predicted molar refractivity (Wildman–Crippen MR) is 251 cm³/mol. The van der Waals surface area contributed by atoms with E-state index in [1.165, 1.54) is 212 Å². The molecular weight excluding hydrogens is 719 g/mol. The summed E-state index contributed by atoms with van der Waals surface area (Å²) in [6.45, 7) is 4.02. The van der Waals surface area contributed by atoms with E-state index in [1.54, 1.807) is 6.08 Å². The van der Waals surface area contributed by atoms with E-state index in [-0.39, 0.29) is 6.42 Å². The number of carbonyl (C=O) groups excluding carboxylic acids is 1. The second-order valence-electron chi connectivity index (χ2n) is 17.9. The van der Waals surface area contributed by atoms with Crippen LogP contribution < -0.4 is 5.32 Å². The molecule has 0 aliphatic heterocycles. The van der Waals surface area contributed by atoms with E-state index in [0.29, 0.717) is 6.42 Å². The highest BCUT2D eigenvalue weighted by atomic mass is 16.3. The monoisotopic (exact) mass is 820 g/mol. The van der Waals surface area contributed by atoms with Gasteiger partial charge >= 0.3 is 0 Å². The van der Waals surface area contributed by atoms with Crippen LogP contribution in [0.25, 0.3) is 0 Å². The van der Waals surface area contributed by atoms with Gasteiger partial charge in [0.05, 0.1) is 18.8 Å². The van der Waals surface area contributed by atoms with Crippen molar-refractivity contribution in [3.8, 4) is 0 Å². The van der Waals surface area contributed by atoms with Crippen LogP contribution in [-0.2, 0) is 4.79 Å². The number of hydrogen-bond donors (Lipinski definition) is 5. The molecule has 0 aromatic rings. The van der Waals surface area contributed by atoms with E-state index in [2.05, 4.69) is 31.3 Å². The Morgan fingerprint density at radius 3 is 1.14 bits per heavy atom. The lowest BCUT2D eigenvalue weighted by atomic mass is 9.99. The minimum absolute atomic E-state index is 0.160. The Kier molecular flexibility index (Phi) is 45.9. The number of aliphatic hydroxyl groups excluding tert-OH is 4. The van der Waals surface area contributed by atoms with Crippen molar-refractivity contribution in [1.82, 2.24) is 5.32 Å². The van der Waals surface area contributed by atoms with E-state index in [1.807, 2.05) is 6.08 Å². The van der Waals surface area contributed by atoms with Crippen LogP contribution in [0.1, 0.15) is 271 Å². The number of unbranched alkanes of at least 4 members (excludes halogenated alkanes) is 35. The number of nitrogens with one attached hydrogen (secondary N) is 1. The number of aliphatic hydroxyl groups is 4. The zero-order valence-electron chi connectivity index (χ0n) is 38.8. The van der Waals surface area contributed by atoms with Gasteiger partial charge in [0, 0.05) is 6.42 Å². The van der Waals surface area contributed by atoms with Gasteiger partial charge in [0.2, 0.25) is 5.91 Å². The van der Waals surface area contributed by atoms with Crippen LogP contribution in [0.5, 0.6) is 0 Å². The molecule has 0 saturated heterocycles. The van der Waals surface area contributed by atoms with Crippen molar-refractivity contribution < 1.29 is 25.2 Å². The molecule has 6 heteroatoms. The first-order valence-electron chi connectivity index (χ1n) is 25.7. The maximum absolute atomic E-state index is 12.5. The summed E-state index contributed by atoms with van der Waals surface area (Å²) in [5.41, 5.74) is 0. The molecule has 0 saturated carbocycles. The van der Waals surface area contributed by atoms with Crippen LogP contribution in [0.15, 0.2) is 24.3 Å². The van der Waals surface area contributed by atoms with Gasteiger partial charge in [-0.3, -0.25) is 4.79 Å². The fourth-order valence-electron chi connectivity index (χ4n) is 8.10. The minimum Gasteiger partial charge on any atom is -0.394 e. The van der Waals surface area contributed by atoms with E-state index < -0.39 is 36.9 Å². The molecule has 0 aliphatic rings. The molecule has 0 radical (unpaired) electrons. The third-order valence-electron chi connectivity index (χ3n) is 12.2. The summed E-state index contributed by atoms with van der Waals surface area (Å²) in [7, 11) is 0. The van der Waals surface area contributed by atoms with Crippen molar-refractivity contribution in [3.05, 3.63) is 24.3 Å². The highest BCUT2D eigenvalue weighted by Gasteiger charge is 2.28. The van der Waals surface area contributed by atoms with E-state index in [9.17, 15) is 25.2 Å². The maximum atomic E-state index is 12.5. The quantitative estimate of drug-likeness (QED) is 0.0310. The summed E-state index contributed by atoms with van der Waals surface area (Å²) in [6.07, 6.45) is 55.6. The van der Waals surface area contributed by atoms with Gasteiger partial charge in [-0.05, 0) is 25.7 Å². The average molecular weight is 820 g/mol. The molecule has 58 heavy (non-hydrogen) atoms. The second-order valence-corrected chi connectivity index (χ2v) is 17.9. The Morgan fingerprint density at radius 2 is 0.776 bits per heavy atom. The molecule has 1 amide bonds. The first-order valence-corrected chi connectivity index (χ1v) is 25.7. The summed E-state index contributed by atoms with van der Waals surface area (Å²) >= 11 is 0. The number of allylic oxidation sites excluding steroid dienone is 3. The number of hydrogen-bond acceptors (Lipinski definition) is 5. The standard InChI is InChI=1S/C52H101NO5/c1-3-5-7-9-11-13-15-17-18-19-20-21-22-23-24-25-26-27-28-29-30-31-32-33-34-36-37-39-41-43-45-49(55)51(57)48(47-54)53-52(58)50(56)46-44-42-40-38-35-16-14-12-10-8-6-4-2/h35,38,42,44,48-51,54-57H,3-34,36-37,39-41,43,45-47H2,1-2H3,(H,53,58)/b38-35-,44-42-. The first kappa shape index (κ1) is 56.8. The minimum atomic E-state index is -1.28. The van der Waals surface area contributed by atoms with Crippen molar-refractivity contribution >= 4 is 5.91 Å². The summed E-state index contributed by atoms with van der Waals surface area (Å²) in [6, 6.07) is -1.01. The summed E-state index contributed by atoms with van der Waals surface area (Å²) in [5, 5.41) is 43.6. The SMILES string of the molecule is CCCCCCCC/C=C\C/C=C\CC(O)C(=O)NC(CO)C(O)C(O)CCCCCCCCCCCCCCCCCCCCCCCCCCCCCCCC. The summed E-state index contributed by atoms with van der Waals surface area (Å²) in [4.78, 5) is 12.5. The Morgan fingerprint density at radius 1 is 0.448 bits per heavy atom. The fourth-order valence-corrected chi connectivity index (χ4v) is 8.10. The van der Waals surface area contributed by atoms with Gasteiger partial charge in [0.15, 0.2) is 0 Å². The van der Waals surface area contributed by atoms with Crippen LogP contribution >= 0.6 is 0 Å². The number of amides is 1. The lowest BCUT2D eigenvalue weighted by Crippen LogP contribution is -2.53. The Labute approximate surface area is 361 Å². The highest BCUT2D eigenvalue weighted by molar-refractivity contribution is 5.81. The van der Waals surface area contributed by atoms with Crippen molar-refractivity contribution in [2.45, 2.75) is 295 Å². The molecule has 0 aliphatic carbocycles. The molecule has 0 aromatic heterocycles. The lowest BCUT2D eigenvalue weighted by molar-refractivity contribution is -0.132. The zero-order valence-corrected chi connectivity index (χ0v) is 38.8. The third-order valence-corrected chi connectivity index (χ3v) is 12.2. The van der Waals surface area contributed by atoms with Crippen molar-refractivity contribution in [2.75, 3.05) is 6.61 Å². The van der Waals surface area contributed by atoms with Crippen LogP contribution in [0.3, 0.4) is 0 Å². The molecule has 0 fully saturated rings. The molecule has 4 unspecified atom stereocenters. The van der Waals surface area contributed by atoms with Gasteiger partial charge in [-0.15, -0.1) is 0 Å². The Hall–Kier alpha value is -1.21. The van der Waals surface area contributed by atoms with Crippen molar-refractivity contribution in [2.24, 2.45) is 0 Å².